The molecule has 2 heterocycles. The van der Waals surface area contributed by atoms with Crippen LogP contribution < -0.4 is 5.32 Å². The molecule has 78 valence electrons. The summed E-state index contributed by atoms with van der Waals surface area (Å²) in [6, 6.07) is 0.510. The van der Waals surface area contributed by atoms with Gasteiger partial charge >= 0.3 is 0 Å². The van der Waals surface area contributed by atoms with Gasteiger partial charge < -0.3 is 5.32 Å². The van der Waals surface area contributed by atoms with Crippen molar-refractivity contribution in [2.75, 3.05) is 13.1 Å². The Morgan fingerprint density at radius 2 is 2.00 bits per heavy atom. The van der Waals surface area contributed by atoms with Crippen LogP contribution in [-0.2, 0) is 9.59 Å². The molecule has 4 nitrogen and oxygen atoms in total. The van der Waals surface area contributed by atoms with Crippen molar-refractivity contribution in [1.29, 1.82) is 0 Å². The van der Waals surface area contributed by atoms with Crippen LogP contribution in [0.15, 0.2) is 0 Å². The maximum atomic E-state index is 11.3. The van der Waals surface area contributed by atoms with Crippen molar-refractivity contribution >= 4 is 11.8 Å². The molecule has 1 N–H and O–H groups in total. The second-order valence-electron chi connectivity index (χ2n) is 4.02. The van der Waals surface area contributed by atoms with Crippen molar-refractivity contribution in [3.63, 3.8) is 0 Å². The molecule has 0 aliphatic carbocycles. The summed E-state index contributed by atoms with van der Waals surface area (Å²) in [4.78, 5) is 24.0. The van der Waals surface area contributed by atoms with Gasteiger partial charge in [-0.3, -0.25) is 14.5 Å². The van der Waals surface area contributed by atoms with Crippen molar-refractivity contribution in [3.8, 4) is 0 Å². The number of hydrogen-bond donors (Lipinski definition) is 1. The molecule has 0 spiro atoms. The van der Waals surface area contributed by atoms with Crippen molar-refractivity contribution in [1.82, 2.24) is 10.2 Å². The summed E-state index contributed by atoms with van der Waals surface area (Å²) < 4.78 is 0. The molecule has 2 aliphatic rings. The number of nitrogens with one attached hydrogen (secondary N) is 1. The van der Waals surface area contributed by atoms with Gasteiger partial charge in [-0.2, -0.15) is 0 Å². The fraction of sp³-hybridized carbons (Fsp3) is 0.800. The highest BCUT2D eigenvalue weighted by Gasteiger charge is 2.29. The van der Waals surface area contributed by atoms with E-state index in [9.17, 15) is 9.59 Å². The van der Waals surface area contributed by atoms with Gasteiger partial charge in [-0.15, -0.1) is 0 Å². The third-order valence-electron chi connectivity index (χ3n) is 3.02. The lowest BCUT2D eigenvalue weighted by Gasteiger charge is -2.16. The first-order chi connectivity index (χ1) is 6.77. The topological polar surface area (TPSA) is 49.4 Å². The fourth-order valence-corrected chi connectivity index (χ4v) is 2.16. The van der Waals surface area contributed by atoms with E-state index in [4.69, 9.17) is 0 Å². The zero-order chi connectivity index (χ0) is 9.97. The van der Waals surface area contributed by atoms with Crippen LogP contribution in [0.1, 0.15) is 32.1 Å². The van der Waals surface area contributed by atoms with E-state index >= 15 is 0 Å². The Bertz CT molecular complexity index is 231. The highest BCUT2D eigenvalue weighted by molar-refractivity contribution is 6.01. The maximum absolute atomic E-state index is 11.3. The zero-order valence-corrected chi connectivity index (χ0v) is 8.29. The lowest BCUT2D eigenvalue weighted by atomic mass is 10.1. The molecular formula is C10H16N2O2. The standard InChI is InChI=1S/C10H16N2O2/c13-9-3-4-10(14)12(9)7-5-8-2-1-6-11-8/h8,11H,1-7H2. The molecule has 1 atom stereocenters. The number of nitrogens with zero attached hydrogens (tertiary/aromatic N) is 1. The van der Waals surface area contributed by atoms with Gasteiger partial charge in [-0.05, 0) is 25.8 Å². The highest BCUT2D eigenvalue weighted by atomic mass is 16.2. The van der Waals surface area contributed by atoms with Gasteiger partial charge in [-0.1, -0.05) is 0 Å². The number of amides is 2. The Kier molecular flexibility index (Phi) is 2.82. The van der Waals surface area contributed by atoms with Gasteiger partial charge in [0.15, 0.2) is 0 Å². The van der Waals surface area contributed by atoms with Crippen LogP contribution in [0.3, 0.4) is 0 Å². The van der Waals surface area contributed by atoms with Crippen molar-refractivity contribution in [2.24, 2.45) is 0 Å². The van der Waals surface area contributed by atoms with E-state index in [1.165, 1.54) is 17.7 Å². The molecule has 4 heteroatoms. The molecule has 2 amide bonds. The molecule has 2 aliphatic heterocycles. The maximum Gasteiger partial charge on any atom is 0.229 e. The summed E-state index contributed by atoms with van der Waals surface area (Å²) in [5.74, 6) is 0.0148. The quantitative estimate of drug-likeness (QED) is 0.659. The average molecular weight is 196 g/mol. The Morgan fingerprint density at radius 1 is 1.29 bits per heavy atom. The van der Waals surface area contributed by atoms with E-state index in [2.05, 4.69) is 5.32 Å². The Hall–Kier alpha value is -0.900. The average Bonchev–Trinajstić information content (AvgIpc) is 2.76. The summed E-state index contributed by atoms with van der Waals surface area (Å²) in [7, 11) is 0. The third-order valence-corrected chi connectivity index (χ3v) is 3.02. The van der Waals surface area contributed by atoms with Gasteiger partial charge in [0, 0.05) is 25.4 Å². The Morgan fingerprint density at radius 3 is 2.57 bits per heavy atom. The van der Waals surface area contributed by atoms with Crippen LogP contribution in [0.5, 0.6) is 0 Å². The van der Waals surface area contributed by atoms with Gasteiger partial charge in [-0.25, -0.2) is 0 Å². The van der Waals surface area contributed by atoms with Gasteiger partial charge in [0.1, 0.15) is 0 Å². The number of carbonyl (C=O) groups excluding carboxylic acids is 2. The summed E-state index contributed by atoms with van der Waals surface area (Å²) >= 11 is 0. The van der Waals surface area contributed by atoms with Gasteiger partial charge in [0.25, 0.3) is 0 Å². The third kappa shape index (κ3) is 1.95. The van der Waals surface area contributed by atoms with E-state index in [0.29, 0.717) is 25.4 Å². The van der Waals surface area contributed by atoms with Crippen LogP contribution in [-0.4, -0.2) is 35.8 Å². The van der Waals surface area contributed by atoms with E-state index in [-0.39, 0.29) is 11.8 Å². The number of imide groups is 1. The fourth-order valence-electron chi connectivity index (χ4n) is 2.16. The molecule has 2 rings (SSSR count). The predicted molar refractivity (Wildman–Crippen MR) is 51.6 cm³/mol. The Balaban J connectivity index is 1.78. The lowest BCUT2D eigenvalue weighted by Crippen LogP contribution is -2.34. The lowest BCUT2D eigenvalue weighted by molar-refractivity contribution is -0.138. The van der Waals surface area contributed by atoms with Crippen molar-refractivity contribution < 1.29 is 9.59 Å². The number of carbonyl (C=O) groups is 2. The molecule has 0 saturated carbocycles. The van der Waals surface area contributed by atoms with Crippen LogP contribution in [0.2, 0.25) is 0 Å². The molecule has 14 heavy (non-hydrogen) atoms. The second-order valence-corrected chi connectivity index (χ2v) is 4.02. The molecule has 0 aromatic rings. The predicted octanol–water partition coefficient (Wildman–Crippen LogP) is 0.278. The first kappa shape index (κ1) is 9.65. The molecular weight excluding hydrogens is 180 g/mol. The van der Waals surface area contributed by atoms with Crippen LogP contribution in [0.4, 0.5) is 0 Å². The molecule has 1 unspecified atom stereocenters. The first-order valence-corrected chi connectivity index (χ1v) is 5.34. The molecule has 0 radical (unpaired) electrons. The van der Waals surface area contributed by atoms with E-state index in [1.54, 1.807) is 0 Å². The van der Waals surface area contributed by atoms with Gasteiger partial charge in [0.2, 0.25) is 11.8 Å². The first-order valence-electron chi connectivity index (χ1n) is 5.34. The molecule has 2 fully saturated rings. The highest BCUT2D eigenvalue weighted by Crippen LogP contribution is 2.15. The largest absolute Gasteiger partial charge is 0.314 e. The SMILES string of the molecule is O=C1CCC(=O)N1CCC1CCCN1. The molecule has 0 aromatic carbocycles. The molecule has 0 aromatic heterocycles. The van der Waals surface area contributed by atoms with Crippen molar-refractivity contribution in [3.05, 3.63) is 0 Å². The van der Waals surface area contributed by atoms with E-state index in [0.717, 1.165) is 13.0 Å². The minimum atomic E-state index is 0.00740. The summed E-state index contributed by atoms with van der Waals surface area (Å²) in [6.07, 6.45) is 4.13. The van der Waals surface area contributed by atoms with Crippen LogP contribution >= 0.6 is 0 Å². The number of hydrogen-bond acceptors (Lipinski definition) is 3. The smallest absolute Gasteiger partial charge is 0.229 e. The number of likely N-dealkylation sites (tertiary alicyclic amines) is 1. The summed E-state index contributed by atoms with van der Waals surface area (Å²) in [6.45, 7) is 1.68. The normalized spacial score (nSPS) is 27.7. The number of rotatable bonds is 3. The van der Waals surface area contributed by atoms with Crippen LogP contribution in [0, 0.1) is 0 Å². The van der Waals surface area contributed by atoms with Gasteiger partial charge in [0.05, 0.1) is 0 Å². The van der Waals surface area contributed by atoms with Crippen molar-refractivity contribution in [2.45, 2.75) is 38.1 Å². The second kappa shape index (κ2) is 4.09. The Labute approximate surface area is 83.6 Å². The monoisotopic (exact) mass is 196 g/mol. The summed E-state index contributed by atoms with van der Waals surface area (Å²) in [5, 5.41) is 3.36. The molecule has 0 bridgehead atoms. The van der Waals surface area contributed by atoms with E-state index in [1.807, 2.05) is 0 Å². The minimum Gasteiger partial charge on any atom is -0.314 e. The minimum absolute atomic E-state index is 0.00740. The molecule has 2 saturated heterocycles. The summed E-state index contributed by atoms with van der Waals surface area (Å²) in [5.41, 5.74) is 0. The zero-order valence-electron chi connectivity index (χ0n) is 8.29. The van der Waals surface area contributed by atoms with E-state index < -0.39 is 0 Å². The van der Waals surface area contributed by atoms with Crippen LogP contribution in [0.25, 0.3) is 0 Å².